The third kappa shape index (κ3) is 5.79. The van der Waals surface area contributed by atoms with Crippen LogP contribution in [0.15, 0.2) is 36.4 Å². The normalized spacial score (nSPS) is 13.6. The molecule has 6 nitrogen and oxygen atoms in total. The number of nitrogens with zero attached hydrogens (tertiary/aromatic N) is 1. The first kappa shape index (κ1) is 24.7. The van der Waals surface area contributed by atoms with Gasteiger partial charge >= 0.3 is 0 Å². The van der Waals surface area contributed by atoms with E-state index in [1.165, 1.54) is 0 Å². The van der Waals surface area contributed by atoms with Gasteiger partial charge in [-0.2, -0.15) is 0 Å². The first-order valence-corrected chi connectivity index (χ1v) is 12.3. The third-order valence-corrected chi connectivity index (χ3v) is 6.68. The molecule has 2 aromatic rings. The van der Waals surface area contributed by atoms with Crippen molar-refractivity contribution < 1.29 is 17.9 Å². The van der Waals surface area contributed by atoms with Gasteiger partial charge in [0.15, 0.2) is 0 Å². The summed E-state index contributed by atoms with van der Waals surface area (Å²) in [4.78, 5) is 13.1. The molecule has 0 bridgehead atoms. The molecule has 0 unspecified atom stereocenters. The fourth-order valence-electron chi connectivity index (χ4n) is 3.72. The Labute approximate surface area is 186 Å². The van der Waals surface area contributed by atoms with Gasteiger partial charge in [-0.15, -0.1) is 0 Å². The highest BCUT2D eigenvalue weighted by molar-refractivity contribution is 7.92. The van der Waals surface area contributed by atoms with Crippen molar-refractivity contribution in [3.05, 3.63) is 58.7 Å². The molecule has 2 atom stereocenters. The SMILES string of the molecule is COc1cc(C)c([C@H](C)NC(=O)[C@H](C)N(c2ccc(C)cc2)S(C)(=O)=O)cc1C(C)C. The molecule has 2 rings (SSSR count). The summed E-state index contributed by atoms with van der Waals surface area (Å²) in [6.45, 7) is 11.6. The molecule has 7 heteroatoms. The van der Waals surface area contributed by atoms with E-state index in [9.17, 15) is 13.2 Å². The third-order valence-electron chi connectivity index (χ3n) is 5.44. The van der Waals surface area contributed by atoms with E-state index in [2.05, 4.69) is 25.2 Å². The number of amides is 1. The Bertz CT molecular complexity index is 1030. The molecule has 0 aromatic heterocycles. The highest BCUT2D eigenvalue weighted by Crippen LogP contribution is 2.32. The lowest BCUT2D eigenvalue weighted by Crippen LogP contribution is -2.48. The van der Waals surface area contributed by atoms with Crippen LogP contribution in [-0.2, 0) is 14.8 Å². The molecule has 0 heterocycles. The lowest BCUT2D eigenvalue weighted by atomic mass is 9.93. The van der Waals surface area contributed by atoms with Crippen LogP contribution in [0.3, 0.4) is 0 Å². The summed E-state index contributed by atoms with van der Waals surface area (Å²) in [5, 5.41) is 2.99. The molecule has 0 saturated heterocycles. The molecule has 2 aromatic carbocycles. The fraction of sp³-hybridized carbons (Fsp3) is 0.458. The smallest absolute Gasteiger partial charge is 0.244 e. The van der Waals surface area contributed by atoms with Crippen LogP contribution in [0, 0.1) is 13.8 Å². The molecule has 0 aliphatic heterocycles. The van der Waals surface area contributed by atoms with E-state index in [0.29, 0.717) is 5.69 Å². The number of carbonyl (C=O) groups is 1. The van der Waals surface area contributed by atoms with E-state index in [-0.39, 0.29) is 17.9 Å². The summed E-state index contributed by atoms with van der Waals surface area (Å²) in [6.07, 6.45) is 1.11. The van der Waals surface area contributed by atoms with Gasteiger partial charge in [-0.05, 0) is 74.6 Å². The highest BCUT2D eigenvalue weighted by Gasteiger charge is 2.30. The van der Waals surface area contributed by atoms with E-state index in [1.807, 2.05) is 39.0 Å². The van der Waals surface area contributed by atoms with Gasteiger partial charge < -0.3 is 10.1 Å². The molecule has 0 aliphatic carbocycles. The molecule has 0 fully saturated rings. The predicted octanol–water partition coefficient (Wildman–Crippen LogP) is 4.47. The van der Waals surface area contributed by atoms with Crippen LogP contribution in [0.5, 0.6) is 5.75 Å². The molecule has 1 N–H and O–H groups in total. The summed E-state index contributed by atoms with van der Waals surface area (Å²) in [6, 6.07) is 9.93. The number of ether oxygens (including phenoxy) is 1. The zero-order chi connectivity index (χ0) is 23.5. The number of anilines is 1. The topological polar surface area (TPSA) is 75.7 Å². The van der Waals surface area contributed by atoms with Crippen molar-refractivity contribution in [2.75, 3.05) is 17.7 Å². The van der Waals surface area contributed by atoms with Crippen molar-refractivity contribution in [1.29, 1.82) is 0 Å². The Morgan fingerprint density at radius 3 is 2.06 bits per heavy atom. The van der Waals surface area contributed by atoms with E-state index in [0.717, 1.165) is 38.6 Å². The van der Waals surface area contributed by atoms with Crippen LogP contribution >= 0.6 is 0 Å². The van der Waals surface area contributed by atoms with Crippen LogP contribution in [0.2, 0.25) is 0 Å². The number of benzene rings is 2. The predicted molar refractivity (Wildman–Crippen MR) is 126 cm³/mol. The Kier molecular flexibility index (Phi) is 7.76. The van der Waals surface area contributed by atoms with Gasteiger partial charge in [0.05, 0.1) is 25.1 Å². The van der Waals surface area contributed by atoms with Crippen molar-refractivity contribution in [2.24, 2.45) is 0 Å². The van der Waals surface area contributed by atoms with Crippen molar-refractivity contribution in [2.45, 2.75) is 59.5 Å². The van der Waals surface area contributed by atoms with Gasteiger partial charge in [0.2, 0.25) is 15.9 Å². The summed E-state index contributed by atoms with van der Waals surface area (Å²) in [5.74, 6) is 0.726. The van der Waals surface area contributed by atoms with Crippen LogP contribution in [0.25, 0.3) is 0 Å². The molecule has 31 heavy (non-hydrogen) atoms. The van der Waals surface area contributed by atoms with E-state index in [4.69, 9.17) is 4.74 Å². The Hall–Kier alpha value is -2.54. The Morgan fingerprint density at radius 2 is 1.58 bits per heavy atom. The standard InChI is InChI=1S/C24H34N2O4S/c1-15(2)21-14-22(17(4)13-23(21)30-7)18(5)25-24(27)19(6)26(31(8,28)29)20-11-9-16(3)10-12-20/h9-15,18-19H,1-8H3,(H,25,27)/t18-,19-/m0/s1. The lowest BCUT2D eigenvalue weighted by molar-refractivity contribution is -0.122. The number of aryl methyl sites for hydroxylation is 2. The summed E-state index contributed by atoms with van der Waals surface area (Å²) in [7, 11) is -2.00. The van der Waals surface area contributed by atoms with E-state index < -0.39 is 16.1 Å². The zero-order valence-corrected chi connectivity index (χ0v) is 20.5. The number of hydrogen-bond donors (Lipinski definition) is 1. The second kappa shape index (κ2) is 9.73. The van der Waals surface area contributed by atoms with Gasteiger partial charge in [0, 0.05) is 0 Å². The van der Waals surface area contributed by atoms with Crippen LogP contribution in [0.4, 0.5) is 5.69 Å². The maximum Gasteiger partial charge on any atom is 0.244 e. The van der Waals surface area contributed by atoms with Crippen LogP contribution in [0.1, 0.15) is 61.9 Å². The number of methoxy groups -OCH3 is 1. The fourth-order valence-corrected chi connectivity index (χ4v) is 4.90. The van der Waals surface area contributed by atoms with Crippen molar-refractivity contribution in [3.8, 4) is 5.75 Å². The number of nitrogens with one attached hydrogen (secondary N) is 1. The minimum atomic E-state index is -3.65. The van der Waals surface area contributed by atoms with E-state index in [1.54, 1.807) is 26.2 Å². The van der Waals surface area contributed by atoms with Crippen LogP contribution in [-0.4, -0.2) is 33.7 Å². The van der Waals surface area contributed by atoms with Gasteiger partial charge in [-0.25, -0.2) is 8.42 Å². The average molecular weight is 447 g/mol. The van der Waals surface area contributed by atoms with Crippen molar-refractivity contribution in [3.63, 3.8) is 0 Å². The second-order valence-electron chi connectivity index (χ2n) is 8.41. The van der Waals surface area contributed by atoms with Gasteiger partial charge in [0.1, 0.15) is 11.8 Å². The van der Waals surface area contributed by atoms with Gasteiger partial charge in [-0.3, -0.25) is 9.10 Å². The molecular weight excluding hydrogens is 412 g/mol. The average Bonchev–Trinajstić information content (AvgIpc) is 2.67. The summed E-state index contributed by atoms with van der Waals surface area (Å²) >= 11 is 0. The molecule has 1 amide bonds. The number of sulfonamides is 1. The molecule has 170 valence electrons. The number of hydrogen-bond acceptors (Lipinski definition) is 4. The molecule has 0 radical (unpaired) electrons. The molecular formula is C24H34N2O4S. The van der Waals surface area contributed by atoms with Gasteiger partial charge in [-0.1, -0.05) is 31.5 Å². The lowest BCUT2D eigenvalue weighted by Gasteiger charge is -2.30. The maximum absolute atomic E-state index is 13.1. The number of rotatable bonds is 8. The first-order valence-electron chi connectivity index (χ1n) is 10.4. The maximum atomic E-state index is 13.1. The molecule has 0 saturated carbocycles. The van der Waals surface area contributed by atoms with Crippen molar-refractivity contribution >= 4 is 21.6 Å². The monoisotopic (exact) mass is 446 g/mol. The molecule has 0 aliphatic rings. The molecule has 0 spiro atoms. The van der Waals surface area contributed by atoms with Crippen molar-refractivity contribution in [1.82, 2.24) is 5.32 Å². The minimum Gasteiger partial charge on any atom is -0.496 e. The van der Waals surface area contributed by atoms with E-state index >= 15 is 0 Å². The highest BCUT2D eigenvalue weighted by atomic mass is 32.2. The number of carbonyl (C=O) groups excluding carboxylic acids is 1. The largest absolute Gasteiger partial charge is 0.496 e. The quantitative estimate of drug-likeness (QED) is 0.649. The Morgan fingerprint density at radius 1 is 1.00 bits per heavy atom. The summed E-state index contributed by atoms with van der Waals surface area (Å²) in [5.41, 5.74) is 4.52. The first-order chi connectivity index (χ1) is 14.4. The Balaban J connectivity index is 2.32. The minimum absolute atomic E-state index is 0.262. The van der Waals surface area contributed by atoms with Crippen LogP contribution < -0.4 is 14.4 Å². The summed E-state index contributed by atoms with van der Waals surface area (Å²) < 4.78 is 31.7. The zero-order valence-electron chi connectivity index (χ0n) is 19.7. The second-order valence-corrected chi connectivity index (χ2v) is 10.3. The van der Waals surface area contributed by atoms with Gasteiger partial charge in [0.25, 0.3) is 0 Å².